The van der Waals surface area contributed by atoms with Gasteiger partial charge in [-0.05, 0) is 42.5 Å². The maximum absolute atomic E-state index is 6.08. The van der Waals surface area contributed by atoms with Crippen LogP contribution < -0.4 is 15.8 Å². The number of ether oxygens (including phenoxy) is 1. The minimum absolute atomic E-state index is 0.609. The van der Waals surface area contributed by atoms with Crippen LogP contribution in [0.2, 0.25) is 5.02 Å². The zero-order valence-electron chi connectivity index (χ0n) is 11.7. The van der Waals surface area contributed by atoms with Gasteiger partial charge in [-0.3, -0.25) is 0 Å². The second-order valence-corrected chi connectivity index (χ2v) is 5.09. The summed E-state index contributed by atoms with van der Waals surface area (Å²) < 4.78 is 5.89. The minimum atomic E-state index is 0.609. The van der Waals surface area contributed by atoms with Gasteiger partial charge in [-0.1, -0.05) is 29.8 Å². The number of halogens is 1. The Morgan fingerprint density at radius 2 is 1.82 bits per heavy atom. The van der Waals surface area contributed by atoms with Gasteiger partial charge in [-0.2, -0.15) is 0 Å². The summed E-state index contributed by atoms with van der Waals surface area (Å²) in [5, 5.41) is 3.79. The van der Waals surface area contributed by atoms with E-state index in [9.17, 15) is 0 Å². The molecule has 0 atom stereocenters. The molecule has 0 aliphatic carbocycles. The molecule has 0 fully saturated rings. The molecule has 5 heteroatoms. The van der Waals surface area contributed by atoms with Crippen molar-refractivity contribution in [3.63, 3.8) is 0 Å². The lowest BCUT2D eigenvalue weighted by atomic mass is 10.2. The molecule has 2 aromatic carbocycles. The summed E-state index contributed by atoms with van der Waals surface area (Å²) >= 11 is 6.08. The molecule has 0 saturated carbocycles. The number of pyridine rings is 1. The Hall–Kier alpha value is -2.72. The first-order chi connectivity index (χ1) is 10.7. The van der Waals surface area contributed by atoms with E-state index in [0.29, 0.717) is 22.3 Å². The van der Waals surface area contributed by atoms with Crippen molar-refractivity contribution in [2.24, 2.45) is 0 Å². The molecule has 0 aliphatic heterocycles. The Morgan fingerprint density at radius 1 is 1.00 bits per heavy atom. The van der Waals surface area contributed by atoms with E-state index in [-0.39, 0.29) is 0 Å². The second kappa shape index (κ2) is 6.37. The van der Waals surface area contributed by atoms with Crippen LogP contribution in [-0.4, -0.2) is 4.98 Å². The topological polar surface area (TPSA) is 60.2 Å². The molecular weight excluding hydrogens is 298 g/mol. The van der Waals surface area contributed by atoms with Crippen LogP contribution in [0.3, 0.4) is 0 Å². The zero-order valence-corrected chi connectivity index (χ0v) is 12.4. The summed E-state index contributed by atoms with van der Waals surface area (Å²) in [6.07, 6.45) is 1.59. The number of anilines is 3. The molecule has 110 valence electrons. The van der Waals surface area contributed by atoms with E-state index in [0.717, 1.165) is 11.4 Å². The first-order valence-corrected chi connectivity index (χ1v) is 7.09. The molecule has 0 amide bonds. The molecule has 3 aromatic rings. The zero-order chi connectivity index (χ0) is 15.4. The molecule has 0 spiro atoms. The van der Waals surface area contributed by atoms with Crippen LogP contribution in [-0.2, 0) is 0 Å². The van der Waals surface area contributed by atoms with Gasteiger partial charge < -0.3 is 15.8 Å². The van der Waals surface area contributed by atoms with Crippen LogP contribution in [0, 0.1) is 0 Å². The Bertz CT molecular complexity index is 761. The summed E-state index contributed by atoms with van der Waals surface area (Å²) in [7, 11) is 0. The van der Waals surface area contributed by atoms with Gasteiger partial charge in [0.05, 0.1) is 17.6 Å². The second-order valence-electron chi connectivity index (χ2n) is 4.66. The van der Waals surface area contributed by atoms with Gasteiger partial charge in [0.15, 0.2) is 5.75 Å². The first kappa shape index (κ1) is 14.2. The maximum atomic E-state index is 6.08. The molecule has 1 aromatic heterocycles. The predicted octanol–water partition coefficient (Wildman–Crippen LogP) is 4.85. The molecule has 3 rings (SSSR count). The lowest BCUT2D eigenvalue weighted by Gasteiger charge is -2.13. The first-order valence-electron chi connectivity index (χ1n) is 6.72. The molecule has 4 nitrogen and oxygen atoms in total. The van der Waals surface area contributed by atoms with Crippen molar-refractivity contribution < 1.29 is 4.74 Å². The van der Waals surface area contributed by atoms with E-state index in [2.05, 4.69) is 10.3 Å². The highest BCUT2D eigenvalue weighted by atomic mass is 35.5. The smallest absolute Gasteiger partial charge is 0.151 e. The van der Waals surface area contributed by atoms with Crippen molar-refractivity contribution in [3.8, 4) is 11.5 Å². The summed E-state index contributed by atoms with van der Waals surface area (Å²) in [4.78, 5) is 4.22. The SMILES string of the molecule is Nc1ccc(Nc2cc(Cl)ccc2Oc2ccccc2)nc1. The number of hydrogen-bond donors (Lipinski definition) is 2. The predicted molar refractivity (Wildman–Crippen MR) is 89.9 cm³/mol. The molecule has 0 bridgehead atoms. The minimum Gasteiger partial charge on any atom is -0.455 e. The number of nitrogens with two attached hydrogens (primary N) is 1. The van der Waals surface area contributed by atoms with E-state index >= 15 is 0 Å². The fourth-order valence-corrected chi connectivity index (χ4v) is 2.09. The summed E-state index contributed by atoms with van der Waals surface area (Å²) in [5.74, 6) is 2.07. The highest BCUT2D eigenvalue weighted by Gasteiger charge is 2.07. The summed E-state index contributed by atoms with van der Waals surface area (Å²) in [6, 6.07) is 18.5. The Balaban J connectivity index is 1.89. The lowest BCUT2D eigenvalue weighted by molar-refractivity contribution is 0.485. The number of nitrogens with zero attached hydrogens (tertiary/aromatic N) is 1. The van der Waals surface area contributed by atoms with E-state index in [4.69, 9.17) is 22.1 Å². The van der Waals surface area contributed by atoms with Crippen LogP contribution in [0.1, 0.15) is 0 Å². The van der Waals surface area contributed by atoms with E-state index in [1.165, 1.54) is 0 Å². The van der Waals surface area contributed by atoms with Crippen LogP contribution in [0.15, 0.2) is 66.9 Å². The van der Waals surface area contributed by atoms with Gasteiger partial charge in [0.25, 0.3) is 0 Å². The van der Waals surface area contributed by atoms with E-state index < -0.39 is 0 Å². The van der Waals surface area contributed by atoms with Gasteiger partial charge in [-0.25, -0.2) is 4.98 Å². The van der Waals surface area contributed by atoms with Crippen LogP contribution in [0.25, 0.3) is 0 Å². The summed E-state index contributed by atoms with van der Waals surface area (Å²) in [5.41, 5.74) is 6.98. The van der Waals surface area contributed by atoms with Crippen molar-refractivity contribution in [2.45, 2.75) is 0 Å². The average molecular weight is 312 g/mol. The third kappa shape index (κ3) is 3.48. The lowest BCUT2D eigenvalue weighted by Crippen LogP contribution is -1.97. The molecular formula is C17H14ClN3O. The molecule has 3 N–H and O–H groups in total. The number of rotatable bonds is 4. The largest absolute Gasteiger partial charge is 0.455 e. The molecule has 0 radical (unpaired) electrons. The van der Waals surface area contributed by atoms with Gasteiger partial charge in [0.1, 0.15) is 11.6 Å². The quantitative estimate of drug-likeness (QED) is 0.723. The fourth-order valence-electron chi connectivity index (χ4n) is 1.92. The average Bonchev–Trinajstić information content (AvgIpc) is 2.53. The van der Waals surface area contributed by atoms with Gasteiger partial charge in [-0.15, -0.1) is 0 Å². The molecule has 1 heterocycles. The van der Waals surface area contributed by atoms with Crippen LogP contribution in [0.4, 0.5) is 17.2 Å². The Labute approximate surface area is 133 Å². The van der Waals surface area contributed by atoms with Gasteiger partial charge in [0.2, 0.25) is 0 Å². The van der Waals surface area contributed by atoms with Crippen molar-refractivity contribution in [1.82, 2.24) is 4.98 Å². The monoisotopic (exact) mass is 311 g/mol. The molecule has 0 aliphatic rings. The highest BCUT2D eigenvalue weighted by Crippen LogP contribution is 2.33. The normalized spacial score (nSPS) is 10.2. The van der Waals surface area contributed by atoms with Crippen molar-refractivity contribution >= 4 is 28.8 Å². The fraction of sp³-hybridized carbons (Fsp3) is 0. The standard InChI is InChI=1S/C17H14ClN3O/c18-12-6-8-16(22-14-4-2-1-3-5-14)15(10-12)21-17-9-7-13(19)11-20-17/h1-11H,19H2,(H,20,21). The Kier molecular flexibility index (Phi) is 4.12. The maximum Gasteiger partial charge on any atom is 0.151 e. The third-order valence-corrected chi connectivity index (χ3v) is 3.20. The number of nitrogen functional groups attached to an aromatic ring is 1. The van der Waals surface area contributed by atoms with Gasteiger partial charge >= 0.3 is 0 Å². The summed E-state index contributed by atoms with van der Waals surface area (Å²) in [6.45, 7) is 0. The van der Waals surface area contributed by atoms with Crippen LogP contribution in [0.5, 0.6) is 11.5 Å². The number of aromatic nitrogens is 1. The number of hydrogen-bond acceptors (Lipinski definition) is 4. The number of benzene rings is 2. The molecule has 0 unspecified atom stereocenters. The van der Waals surface area contributed by atoms with Gasteiger partial charge in [0, 0.05) is 5.02 Å². The van der Waals surface area contributed by atoms with Crippen LogP contribution >= 0.6 is 11.6 Å². The Morgan fingerprint density at radius 3 is 2.55 bits per heavy atom. The van der Waals surface area contributed by atoms with Crippen molar-refractivity contribution in [3.05, 3.63) is 71.9 Å². The number of para-hydroxylation sites is 1. The van der Waals surface area contributed by atoms with Crippen molar-refractivity contribution in [2.75, 3.05) is 11.1 Å². The van der Waals surface area contributed by atoms with E-state index in [1.807, 2.05) is 36.4 Å². The third-order valence-electron chi connectivity index (χ3n) is 2.96. The molecule has 22 heavy (non-hydrogen) atoms. The highest BCUT2D eigenvalue weighted by molar-refractivity contribution is 6.31. The van der Waals surface area contributed by atoms with E-state index in [1.54, 1.807) is 30.5 Å². The van der Waals surface area contributed by atoms with Crippen molar-refractivity contribution in [1.29, 1.82) is 0 Å². The molecule has 0 saturated heterocycles. The number of nitrogens with one attached hydrogen (secondary N) is 1.